The predicted molar refractivity (Wildman–Crippen MR) is 99.0 cm³/mol. The topological polar surface area (TPSA) is 66.1 Å². The van der Waals surface area contributed by atoms with Gasteiger partial charge < -0.3 is 15.0 Å². The smallest absolute Gasteiger partial charge is 0.131 e. The molecule has 1 saturated heterocycles. The molecule has 1 fully saturated rings. The molecule has 0 saturated carbocycles. The average molecular weight is 343 g/mol. The third kappa shape index (κ3) is 2.97. The Balaban J connectivity index is 1.75. The molecule has 0 bridgehead atoms. The number of hydrogen-bond acceptors (Lipinski definition) is 6. The van der Waals surface area contributed by atoms with E-state index >= 15 is 0 Å². The molecule has 3 aromatic heterocycles. The number of thiophene rings is 1. The summed E-state index contributed by atoms with van der Waals surface area (Å²) in [6, 6.07) is 6.31. The van der Waals surface area contributed by atoms with Crippen LogP contribution in [0.5, 0.6) is 0 Å². The number of rotatable bonds is 6. The van der Waals surface area contributed by atoms with Crippen LogP contribution in [-0.2, 0) is 4.74 Å². The van der Waals surface area contributed by atoms with Crippen LogP contribution in [0.15, 0.2) is 24.4 Å². The number of aromatic nitrogens is 3. The largest absolute Gasteiger partial charge is 0.383 e. The summed E-state index contributed by atoms with van der Waals surface area (Å²) in [6.45, 7) is 3.65. The number of nitrogens with zero attached hydrogens (tertiary/aromatic N) is 3. The number of H-pyrrole nitrogens is 1. The second kappa shape index (κ2) is 6.78. The van der Waals surface area contributed by atoms with E-state index in [-0.39, 0.29) is 0 Å². The van der Waals surface area contributed by atoms with E-state index in [0.717, 1.165) is 47.2 Å². The van der Waals surface area contributed by atoms with Crippen LogP contribution in [-0.4, -0.2) is 48.5 Å². The maximum absolute atomic E-state index is 5.17. The number of anilines is 2. The van der Waals surface area contributed by atoms with Gasteiger partial charge in [-0.25, -0.2) is 4.98 Å². The predicted octanol–water partition coefficient (Wildman–Crippen LogP) is 3.34. The highest BCUT2D eigenvalue weighted by Crippen LogP contribution is 2.38. The molecule has 4 rings (SSSR count). The molecule has 0 atom stereocenters. The molecule has 126 valence electrons. The monoisotopic (exact) mass is 343 g/mol. The maximum Gasteiger partial charge on any atom is 0.131 e. The van der Waals surface area contributed by atoms with Gasteiger partial charge in [-0.1, -0.05) is 0 Å². The lowest BCUT2D eigenvalue weighted by Crippen LogP contribution is -2.19. The summed E-state index contributed by atoms with van der Waals surface area (Å²) in [5.74, 6) is 1.06. The molecular weight excluding hydrogens is 322 g/mol. The Labute approximate surface area is 144 Å². The Morgan fingerprint density at radius 2 is 2.21 bits per heavy atom. The van der Waals surface area contributed by atoms with Gasteiger partial charge in [-0.15, -0.1) is 11.3 Å². The van der Waals surface area contributed by atoms with Crippen LogP contribution in [0.3, 0.4) is 0 Å². The SMILES string of the molecule is COCCNc1cc(N2CCCC2)nc2cc(-c3ccn[nH]3)sc12. The molecular formula is C17H21N5OS. The van der Waals surface area contributed by atoms with E-state index in [2.05, 4.69) is 32.5 Å². The van der Waals surface area contributed by atoms with Crippen molar-refractivity contribution < 1.29 is 4.74 Å². The minimum absolute atomic E-state index is 0.682. The Morgan fingerprint density at radius 1 is 1.33 bits per heavy atom. The normalized spacial score (nSPS) is 14.6. The van der Waals surface area contributed by atoms with Gasteiger partial charge in [0.1, 0.15) is 5.82 Å². The van der Waals surface area contributed by atoms with Crippen molar-refractivity contribution in [1.82, 2.24) is 15.2 Å². The summed E-state index contributed by atoms with van der Waals surface area (Å²) in [5, 5.41) is 10.6. The minimum Gasteiger partial charge on any atom is -0.383 e. The van der Waals surface area contributed by atoms with E-state index in [4.69, 9.17) is 9.72 Å². The van der Waals surface area contributed by atoms with Crippen LogP contribution in [0.2, 0.25) is 0 Å². The van der Waals surface area contributed by atoms with E-state index in [1.165, 1.54) is 17.5 Å². The molecule has 0 spiro atoms. The van der Waals surface area contributed by atoms with Gasteiger partial charge >= 0.3 is 0 Å². The van der Waals surface area contributed by atoms with Gasteiger partial charge in [0.05, 0.1) is 33.1 Å². The van der Waals surface area contributed by atoms with Crippen LogP contribution in [0, 0.1) is 0 Å². The number of fused-ring (bicyclic) bond motifs is 1. The summed E-state index contributed by atoms with van der Waals surface area (Å²) in [5.41, 5.74) is 3.20. The fourth-order valence-corrected chi connectivity index (χ4v) is 4.13. The van der Waals surface area contributed by atoms with Crippen molar-refractivity contribution in [2.24, 2.45) is 0 Å². The third-order valence-corrected chi connectivity index (χ3v) is 5.47. The Kier molecular flexibility index (Phi) is 4.36. The molecule has 3 aromatic rings. The zero-order valence-electron chi connectivity index (χ0n) is 13.7. The number of nitrogens with one attached hydrogen (secondary N) is 2. The summed E-state index contributed by atoms with van der Waals surface area (Å²) in [6.07, 6.45) is 4.27. The van der Waals surface area contributed by atoms with Crippen LogP contribution in [0.4, 0.5) is 11.5 Å². The standard InChI is InChI=1S/C17H21N5OS/c1-23-9-6-18-13-11-16(22-7-2-3-8-22)20-14-10-15(24-17(13)14)12-4-5-19-21-12/h4-5,10-11H,2-3,6-9H2,1H3,(H,18,20)(H,19,21). The highest BCUT2D eigenvalue weighted by molar-refractivity contribution is 7.22. The van der Waals surface area contributed by atoms with E-state index in [1.54, 1.807) is 24.6 Å². The molecule has 0 aliphatic carbocycles. The van der Waals surface area contributed by atoms with Crippen LogP contribution in [0.25, 0.3) is 20.8 Å². The van der Waals surface area contributed by atoms with Crippen LogP contribution in [0.1, 0.15) is 12.8 Å². The van der Waals surface area contributed by atoms with Gasteiger partial charge in [-0.2, -0.15) is 5.10 Å². The molecule has 0 aromatic carbocycles. The second-order valence-electron chi connectivity index (χ2n) is 5.94. The molecule has 4 heterocycles. The van der Waals surface area contributed by atoms with E-state index in [9.17, 15) is 0 Å². The lowest BCUT2D eigenvalue weighted by Gasteiger charge is -2.18. The number of pyridine rings is 1. The zero-order valence-corrected chi connectivity index (χ0v) is 14.5. The summed E-state index contributed by atoms with van der Waals surface area (Å²) < 4.78 is 6.35. The summed E-state index contributed by atoms with van der Waals surface area (Å²) in [4.78, 5) is 8.43. The van der Waals surface area contributed by atoms with Gasteiger partial charge in [0.2, 0.25) is 0 Å². The average Bonchev–Trinajstić information content (AvgIpc) is 3.33. The van der Waals surface area contributed by atoms with Gasteiger partial charge in [-0.05, 0) is 25.0 Å². The van der Waals surface area contributed by atoms with Gasteiger partial charge in [0, 0.05) is 39.0 Å². The fraction of sp³-hybridized carbons (Fsp3) is 0.412. The molecule has 0 unspecified atom stereocenters. The summed E-state index contributed by atoms with van der Waals surface area (Å²) >= 11 is 1.74. The lowest BCUT2D eigenvalue weighted by molar-refractivity contribution is 0.211. The van der Waals surface area contributed by atoms with Crippen LogP contribution >= 0.6 is 11.3 Å². The first-order valence-corrected chi connectivity index (χ1v) is 9.09. The number of methoxy groups -OCH3 is 1. The van der Waals surface area contributed by atoms with Crippen molar-refractivity contribution in [3.05, 3.63) is 24.4 Å². The van der Waals surface area contributed by atoms with Gasteiger partial charge in [-0.3, -0.25) is 5.10 Å². The van der Waals surface area contributed by atoms with Crippen molar-refractivity contribution in [3.8, 4) is 10.6 Å². The maximum atomic E-state index is 5.17. The van der Waals surface area contributed by atoms with Crippen molar-refractivity contribution in [3.63, 3.8) is 0 Å². The Bertz CT molecular complexity index is 808. The molecule has 0 amide bonds. The zero-order chi connectivity index (χ0) is 16.4. The number of aromatic amines is 1. The molecule has 1 aliphatic heterocycles. The Morgan fingerprint density at radius 3 is 2.96 bits per heavy atom. The molecule has 6 nitrogen and oxygen atoms in total. The lowest BCUT2D eigenvalue weighted by atomic mass is 10.3. The highest BCUT2D eigenvalue weighted by atomic mass is 32.1. The molecule has 7 heteroatoms. The first-order chi connectivity index (χ1) is 11.8. The van der Waals surface area contributed by atoms with Crippen molar-refractivity contribution >= 4 is 33.1 Å². The van der Waals surface area contributed by atoms with Crippen molar-refractivity contribution in [2.45, 2.75) is 12.8 Å². The molecule has 0 radical (unpaired) electrons. The summed E-state index contributed by atoms with van der Waals surface area (Å²) in [7, 11) is 1.72. The fourth-order valence-electron chi connectivity index (χ4n) is 3.06. The first-order valence-electron chi connectivity index (χ1n) is 8.27. The van der Waals surface area contributed by atoms with E-state index in [1.807, 2.05) is 6.07 Å². The third-order valence-electron chi connectivity index (χ3n) is 4.28. The van der Waals surface area contributed by atoms with Gasteiger partial charge in [0.15, 0.2) is 0 Å². The number of ether oxygens (including phenoxy) is 1. The van der Waals surface area contributed by atoms with E-state index in [0.29, 0.717) is 6.61 Å². The van der Waals surface area contributed by atoms with Crippen molar-refractivity contribution in [1.29, 1.82) is 0 Å². The quantitative estimate of drug-likeness (QED) is 0.672. The number of hydrogen-bond donors (Lipinski definition) is 2. The first kappa shape index (κ1) is 15.4. The van der Waals surface area contributed by atoms with Crippen LogP contribution < -0.4 is 10.2 Å². The van der Waals surface area contributed by atoms with Gasteiger partial charge in [0.25, 0.3) is 0 Å². The second-order valence-corrected chi connectivity index (χ2v) is 6.99. The Hall–Kier alpha value is -2.12. The molecule has 1 aliphatic rings. The van der Waals surface area contributed by atoms with Crippen molar-refractivity contribution in [2.75, 3.05) is 43.6 Å². The molecule has 24 heavy (non-hydrogen) atoms. The highest BCUT2D eigenvalue weighted by Gasteiger charge is 2.18. The van der Waals surface area contributed by atoms with E-state index < -0.39 is 0 Å². The molecule has 2 N–H and O–H groups in total. The minimum atomic E-state index is 0.682.